The number of carbonyl (C=O) groups is 2. The molecule has 0 aliphatic carbocycles. The maximum atomic E-state index is 13.0. The van der Waals surface area contributed by atoms with Crippen molar-refractivity contribution in [3.63, 3.8) is 0 Å². The van der Waals surface area contributed by atoms with Crippen molar-refractivity contribution in [1.82, 2.24) is 9.80 Å². The first-order valence-corrected chi connectivity index (χ1v) is 8.75. The lowest BCUT2D eigenvalue weighted by molar-refractivity contribution is 0.0671. The number of urea groups is 1. The molecular formula is C20H22FN3O3. The molecular weight excluding hydrogens is 349 g/mol. The van der Waals surface area contributed by atoms with E-state index in [0.717, 1.165) is 5.56 Å². The topological polar surface area (TPSA) is 61.9 Å². The number of carbonyl (C=O) groups excluding carboxylic acids is 2. The number of nitrogens with zero attached hydrogens (tertiary/aromatic N) is 2. The van der Waals surface area contributed by atoms with Crippen LogP contribution >= 0.6 is 0 Å². The Morgan fingerprint density at radius 3 is 2.15 bits per heavy atom. The van der Waals surface area contributed by atoms with Crippen molar-refractivity contribution in [2.45, 2.75) is 6.61 Å². The molecule has 0 saturated carbocycles. The summed E-state index contributed by atoms with van der Waals surface area (Å²) in [7, 11) is 1.64. The first kappa shape index (κ1) is 18.8. The number of amides is 3. The fraction of sp³-hybridized carbons (Fsp3) is 0.300. The van der Waals surface area contributed by atoms with Crippen molar-refractivity contribution in [3.8, 4) is 0 Å². The van der Waals surface area contributed by atoms with Gasteiger partial charge in [-0.3, -0.25) is 4.79 Å². The predicted molar refractivity (Wildman–Crippen MR) is 100 cm³/mol. The molecule has 0 bridgehead atoms. The Kier molecular flexibility index (Phi) is 6.03. The van der Waals surface area contributed by atoms with E-state index in [9.17, 15) is 14.0 Å². The number of nitrogens with one attached hydrogen (secondary N) is 1. The zero-order valence-corrected chi connectivity index (χ0v) is 15.2. The van der Waals surface area contributed by atoms with Crippen LogP contribution in [0.3, 0.4) is 0 Å². The van der Waals surface area contributed by atoms with Crippen molar-refractivity contribution in [2.24, 2.45) is 0 Å². The van der Waals surface area contributed by atoms with Crippen molar-refractivity contribution < 1.29 is 18.7 Å². The maximum Gasteiger partial charge on any atom is 0.321 e. The molecule has 142 valence electrons. The minimum Gasteiger partial charge on any atom is -0.380 e. The Balaban J connectivity index is 1.51. The smallest absolute Gasteiger partial charge is 0.321 e. The highest BCUT2D eigenvalue weighted by Gasteiger charge is 2.24. The van der Waals surface area contributed by atoms with Gasteiger partial charge in [-0.2, -0.15) is 0 Å². The summed E-state index contributed by atoms with van der Waals surface area (Å²) < 4.78 is 18.1. The van der Waals surface area contributed by atoms with Crippen LogP contribution in [-0.4, -0.2) is 55.0 Å². The van der Waals surface area contributed by atoms with Crippen LogP contribution in [0.4, 0.5) is 14.9 Å². The van der Waals surface area contributed by atoms with Gasteiger partial charge in [0.2, 0.25) is 0 Å². The van der Waals surface area contributed by atoms with Crippen molar-refractivity contribution in [2.75, 3.05) is 38.6 Å². The van der Waals surface area contributed by atoms with E-state index >= 15 is 0 Å². The van der Waals surface area contributed by atoms with E-state index in [1.165, 1.54) is 24.3 Å². The van der Waals surface area contributed by atoms with Crippen molar-refractivity contribution in [3.05, 3.63) is 65.5 Å². The highest BCUT2D eigenvalue weighted by molar-refractivity contribution is 5.94. The lowest BCUT2D eigenvalue weighted by Crippen LogP contribution is -2.51. The number of halogens is 1. The molecule has 0 atom stereocenters. The minimum absolute atomic E-state index is 0.149. The molecule has 0 spiro atoms. The average molecular weight is 371 g/mol. The van der Waals surface area contributed by atoms with Crippen molar-refractivity contribution in [1.29, 1.82) is 0 Å². The number of methoxy groups -OCH3 is 1. The van der Waals surface area contributed by atoms with Gasteiger partial charge in [-0.05, 0) is 42.0 Å². The van der Waals surface area contributed by atoms with E-state index in [1.807, 2.05) is 24.3 Å². The van der Waals surface area contributed by atoms with Crippen LogP contribution in [0.25, 0.3) is 0 Å². The summed E-state index contributed by atoms with van der Waals surface area (Å²) in [6.45, 7) is 2.30. The van der Waals surface area contributed by atoms with E-state index in [2.05, 4.69) is 5.32 Å². The second-order valence-electron chi connectivity index (χ2n) is 6.35. The summed E-state index contributed by atoms with van der Waals surface area (Å²) in [6, 6.07) is 12.8. The van der Waals surface area contributed by atoms with Gasteiger partial charge in [0.15, 0.2) is 0 Å². The van der Waals surface area contributed by atoms with Gasteiger partial charge in [-0.1, -0.05) is 12.1 Å². The van der Waals surface area contributed by atoms with Gasteiger partial charge in [-0.25, -0.2) is 9.18 Å². The van der Waals surface area contributed by atoms with Gasteiger partial charge >= 0.3 is 6.03 Å². The molecule has 1 aliphatic rings. The molecule has 2 aromatic carbocycles. The third kappa shape index (κ3) is 4.83. The molecule has 1 heterocycles. The molecule has 3 rings (SSSR count). The summed E-state index contributed by atoms with van der Waals surface area (Å²) in [4.78, 5) is 28.2. The van der Waals surface area contributed by atoms with E-state index in [1.54, 1.807) is 16.9 Å². The molecule has 1 aliphatic heterocycles. The molecule has 1 fully saturated rings. The molecule has 0 unspecified atom stereocenters. The molecule has 0 radical (unpaired) electrons. The number of benzene rings is 2. The number of piperazine rings is 1. The van der Waals surface area contributed by atoms with Gasteiger partial charge in [0.05, 0.1) is 6.61 Å². The second kappa shape index (κ2) is 8.64. The van der Waals surface area contributed by atoms with Crippen LogP contribution in [-0.2, 0) is 11.3 Å². The normalized spacial score (nSPS) is 14.1. The molecule has 27 heavy (non-hydrogen) atoms. The highest BCUT2D eigenvalue weighted by Crippen LogP contribution is 2.13. The van der Waals surface area contributed by atoms with E-state index < -0.39 is 0 Å². The Labute approximate surface area is 157 Å². The first-order valence-electron chi connectivity index (χ1n) is 8.75. The van der Waals surface area contributed by atoms with Crippen LogP contribution in [0.5, 0.6) is 0 Å². The molecule has 0 aromatic heterocycles. The summed E-state index contributed by atoms with van der Waals surface area (Å²) >= 11 is 0. The number of hydrogen-bond acceptors (Lipinski definition) is 3. The minimum atomic E-state index is -0.372. The average Bonchev–Trinajstić information content (AvgIpc) is 2.70. The second-order valence-corrected chi connectivity index (χ2v) is 6.35. The number of rotatable bonds is 4. The van der Waals surface area contributed by atoms with Gasteiger partial charge in [0.1, 0.15) is 5.82 Å². The van der Waals surface area contributed by atoms with Gasteiger partial charge in [0, 0.05) is 44.5 Å². The van der Waals surface area contributed by atoms with E-state index in [0.29, 0.717) is 44.0 Å². The summed E-state index contributed by atoms with van der Waals surface area (Å²) in [5, 5.41) is 2.86. The quantitative estimate of drug-likeness (QED) is 0.899. The fourth-order valence-electron chi connectivity index (χ4n) is 2.94. The Morgan fingerprint density at radius 1 is 0.963 bits per heavy atom. The summed E-state index contributed by atoms with van der Waals surface area (Å²) in [5.74, 6) is -0.521. The molecule has 3 amide bonds. The van der Waals surface area contributed by atoms with Gasteiger partial charge < -0.3 is 19.9 Å². The van der Waals surface area contributed by atoms with Crippen LogP contribution in [0, 0.1) is 5.82 Å². The lowest BCUT2D eigenvalue weighted by Gasteiger charge is -2.34. The standard InChI is InChI=1S/C20H22FN3O3/c1-27-14-15-2-8-18(9-3-15)22-20(26)24-12-10-23(11-13-24)19(25)16-4-6-17(21)7-5-16/h2-9H,10-14H2,1H3,(H,22,26). The first-order chi connectivity index (χ1) is 13.1. The van der Waals surface area contributed by atoms with E-state index in [-0.39, 0.29) is 17.8 Å². The third-order valence-corrected chi connectivity index (χ3v) is 4.46. The van der Waals surface area contributed by atoms with Crippen LogP contribution in [0.15, 0.2) is 48.5 Å². The molecule has 2 aromatic rings. The summed E-state index contributed by atoms with van der Waals surface area (Å²) in [6.07, 6.45) is 0. The Hall–Kier alpha value is -2.93. The summed E-state index contributed by atoms with van der Waals surface area (Å²) in [5.41, 5.74) is 2.19. The molecule has 7 heteroatoms. The number of ether oxygens (including phenoxy) is 1. The highest BCUT2D eigenvalue weighted by atomic mass is 19.1. The van der Waals surface area contributed by atoms with E-state index in [4.69, 9.17) is 4.74 Å². The van der Waals surface area contributed by atoms with Crippen LogP contribution in [0.2, 0.25) is 0 Å². The monoisotopic (exact) mass is 371 g/mol. The largest absolute Gasteiger partial charge is 0.380 e. The fourth-order valence-corrected chi connectivity index (χ4v) is 2.94. The SMILES string of the molecule is COCc1ccc(NC(=O)N2CCN(C(=O)c3ccc(F)cc3)CC2)cc1. The molecule has 6 nitrogen and oxygen atoms in total. The zero-order valence-electron chi connectivity index (χ0n) is 15.2. The Morgan fingerprint density at radius 2 is 1.56 bits per heavy atom. The third-order valence-electron chi connectivity index (χ3n) is 4.46. The van der Waals surface area contributed by atoms with Gasteiger partial charge in [-0.15, -0.1) is 0 Å². The maximum absolute atomic E-state index is 13.0. The number of anilines is 1. The van der Waals surface area contributed by atoms with Crippen molar-refractivity contribution >= 4 is 17.6 Å². The number of hydrogen-bond donors (Lipinski definition) is 1. The van der Waals surface area contributed by atoms with Crippen LogP contribution in [0.1, 0.15) is 15.9 Å². The lowest BCUT2D eigenvalue weighted by atomic mass is 10.2. The Bertz CT molecular complexity index is 785. The van der Waals surface area contributed by atoms with Crippen LogP contribution < -0.4 is 5.32 Å². The zero-order chi connectivity index (χ0) is 19.2. The molecule has 1 N–H and O–H groups in total. The van der Waals surface area contributed by atoms with Gasteiger partial charge in [0.25, 0.3) is 5.91 Å². The predicted octanol–water partition coefficient (Wildman–Crippen LogP) is 2.96. The molecule has 1 saturated heterocycles.